The topological polar surface area (TPSA) is 0 Å². The van der Waals surface area contributed by atoms with E-state index in [0.29, 0.717) is 0 Å². The predicted molar refractivity (Wildman–Crippen MR) is 182 cm³/mol. The van der Waals surface area contributed by atoms with E-state index in [1.807, 2.05) is 0 Å². The number of hydrogen-bond acceptors (Lipinski definition) is 0. The Kier molecular flexibility index (Phi) is 5.00. The molecule has 0 unspecified atom stereocenters. The highest BCUT2D eigenvalue weighted by atomic mass is 14.1. The average Bonchev–Trinajstić information content (AvgIpc) is 3.07. The molecular formula is C42H26. The summed E-state index contributed by atoms with van der Waals surface area (Å²) in [5.41, 5.74) is 4.95. The van der Waals surface area contributed by atoms with Gasteiger partial charge in [-0.15, -0.1) is 0 Å². The molecule has 0 aromatic heterocycles. The Labute approximate surface area is 244 Å². The number of hydrogen-bond donors (Lipinski definition) is 0. The van der Waals surface area contributed by atoms with E-state index in [1.54, 1.807) is 0 Å². The smallest absolute Gasteiger partial charge is 0.00928 e. The van der Waals surface area contributed by atoms with E-state index in [4.69, 9.17) is 0 Å². The van der Waals surface area contributed by atoms with Crippen LogP contribution in [0.4, 0.5) is 0 Å². The fraction of sp³-hybridized carbons (Fsp3) is 0. The van der Waals surface area contributed by atoms with E-state index in [-0.39, 0.29) is 0 Å². The van der Waals surface area contributed by atoms with Gasteiger partial charge in [-0.25, -0.2) is 0 Å². The van der Waals surface area contributed by atoms with Gasteiger partial charge in [0.15, 0.2) is 0 Å². The van der Waals surface area contributed by atoms with Crippen molar-refractivity contribution in [3.8, 4) is 22.3 Å². The summed E-state index contributed by atoms with van der Waals surface area (Å²) in [6, 6.07) is 58.1. The van der Waals surface area contributed by atoms with Gasteiger partial charge in [0.1, 0.15) is 0 Å². The Bertz CT molecular complexity index is 2460. The molecule has 0 aliphatic carbocycles. The summed E-state index contributed by atoms with van der Waals surface area (Å²) >= 11 is 0. The van der Waals surface area contributed by atoms with Crippen molar-refractivity contribution < 1.29 is 0 Å². The lowest BCUT2D eigenvalue weighted by atomic mass is 9.91. The van der Waals surface area contributed by atoms with E-state index in [0.717, 1.165) is 0 Å². The van der Waals surface area contributed by atoms with Gasteiger partial charge in [-0.3, -0.25) is 0 Å². The molecule has 0 heteroatoms. The Morgan fingerprint density at radius 3 is 1.14 bits per heavy atom. The van der Waals surface area contributed by atoms with Crippen molar-refractivity contribution in [2.75, 3.05) is 0 Å². The van der Waals surface area contributed by atoms with Crippen LogP contribution >= 0.6 is 0 Å². The highest BCUT2D eigenvalue weighted by Crippen LogP contribution is 2.38. The summed E-state index contributed by atoms with van der Waals surface area (Å²) in [5.74, 6) is 0. The van der Waals surface area contributed by atoms with E-state index in [2.05, 4.69) is 158 Å². The van der Waals surface area contributed by atoms with E-state index in [9.17, 15) is 0 Å². The van der Waals surface area contributed by atoms with Crippen LogP contribution in [0, 0.1) is 0 Å². The lowest BCUT2D eigenvalue weighted by Gasteiger charge is -2.12. The molecule has 0 N–H and O–H groups in total. The van der Waals surface area contributed by atoms with Crippen LogP contribution in [0.2, 0.25) is 0 Å². The Morgan fingerprint density at radius 2 is 0.524 bits per heavy atom. The Balaban J connectivity index is 1.15. The predicted octanol–water partition coefficient (Wildman–Crippen LogP) is 11.9. The molecule has 9 aromatic carbocycles. The zero-order valence-electron chi connectivity index (χ0n) is 23.0. The largest absolute Gasteiger partial charge is 0.0616 e. The molecule has 42 heavy (non-hydrogen) atoms. The maximum Gasteiger partial charge on any atom is -0.00928 e. The van der Waals surface area contributed by atoms with Gasteiger partial charge >= 0.3 is 0 Å². The van der Waals surface area contributed by atoms with Crippen molar-refractivity contribution >= 4 is 64.6 Å². The van der Waals surface area contributed by atoms with Crippen molar-refractivity contribution in [1.29, 1.82) is 0 Å². The number of rotatable bonds is 2. The first-order valence-electron chi connectivity index (χ1n) is 14.6. The third-order valence-corrected chi connectivity index (χ3v) is 9.04. The summed E-state index contributed by atoms with van der Waals surface area (Å²) in [6.07, 6.45) is 0. The molecule has 0 saturated carbocycles. The molecule has 0 nitrogen and oxygen atoms in total. The zero-order valence-corrected chi connectivity index (χ0v) is 23.0. The van der Waals surface area contributed by atoms with Crippen molar-refractivity contribution in [3.63, 3.8) is 0 Å². The molecule has 0 fully saturated rings. The van der Waals surface area contributed by atoms with Gasteiger partial charge in [-0.05, 0) is 99.0 Å². The fourth-order valence-corrected chi connectivity index (χ4v) is 6.94. The van der Waals surface area contributed by atoms with Crippen LogP contribution in [0.25, 0.3) is 86.9 Å². The lowest BCUT2D eigenvalue weighted by Crippen LogP contribution is -1.86. The van der Waals surface area contributed by atoms with Crippen LogP contribution in [-0.2, 0) is 0 Å². The molecule has 0 atom stereocenters. The van der Waals surface area contributed by atoms with Crippen molar-refractivity contribution in [1.82, 2.24) is 0 Å². The van der Waals surface area contributed by atoms with Gasteiger partial charge in [0.25, 0.3) is 0 Å². The second-order valence-corrected chi connectivity index (χ2v) is 11.3. The highest BCUT2D eigenvalue weighted by Gasteiger charge is 2.11. The summed E-state index contributed by atoms with van der Waals surface area (Å²) < 4.78 is 0. The SMILES string of the molecule is c1ccc2c(c1)ccc1c3cc(-c4ccc(-c5ccc6c7ccccc7c7ccccc7c6c5)cc4)ccc3ccc21. The van der Waals surface area contributed by atoms with Crippen LogP contribution in [0.1, 0.15) is 0 Å². The molecule has 9 aromatic rings. The quantitative estimate of drug-likeness (QED) is 0.195. The summed E-state index contributed by atoms with van der Waals surface area (Å²) in [5, 5.41) is 15.6. The molecule has 0 amide bonds. The van der Waals surface area contributed by atoms with Crippen LogP contribution < -0.4 is 0 Å². The number of benzene rings is 9. The van der Waals surface area contributed by atoms with Crippen LogP contribution in [0.3, 0.4) is 0 Å². The summed E-state index contributed by atoms with van der Waals surface area (Å²) in [7, 11) is 0. The van der Waals surface area contributed by atoms with E-state index >= 15 is 0 Å². The van der Waals surface area contributed by atoms with Crippen molar-refractivity contribution in [3.05, 3.63) is 158 Å². The molecule has 0 aliphatic heterocycles. The third kappa shape index (κ3) is 3.49. The van der Waals surface area contributed by atoms with Crippen LogP contribution in [0.5, 0.6) is 0 Å². The minimum atomic E-state index is 1.23. The third-order valence-electron chi connectivity index (χ3n) is 9.04. The van der Waals surface area contributed by atoms with Gasteiger partial charge in [0.2, 0.25) is 0 Å². The van der Waals surface area contributed by atoms with Gasteiger partial charge in [-0.1, -0.05) is 146 Å². The monoisotopic (exact) mass is 530 g/mol. The Hall–Kier alpha value is -5.46. The van der Waals surface area contributed by atoms with E-state index in [1.165, 1.54) is 86.9 Å². The highest BCUT2D eigenvalue weighted by molar-refractivity contribution is 6.25. The van der Waals surface area contributed by atoms with Gasteiger partial charge in [0, 0.05) is 0 Å². The Morgan fingerprint density at radius 1 is 0.190 bits per heavy atom. The molecule has 9 rings (SSSR count). The van der Waals surface area contributed by atoms with Gasteiger partial charge < -0.3 is 0 Å². The fourth-order valence-electron chi connectivity index (χ4n) is 6.94. The maximum absolute atomic E-state index is 2.37. The first-order valence-corrected chi connectivity index (χ1v) is 14.6. The maximum atomic E-state index is 2.37. The molecule has 194 valence electrons. The molecule has 0 radical (unpaired) electrons. The second-order valence-electron chi connectivity index (χ2n) is 11.3. The normalized spacial score (nSPS) is 11.8. The van der Waals surface area contributed by atoms with Crippen LogP contribution in [0.15, 0.2) is 158 Å². The lowest BCUT2D eigenvalue weighted by molar-refractivity contribution is 1.62. The zero-order chi connectivity index (χ0) is 27.6. The van der Waals surface area contributed by atoms with E-state index < -0.39 is 0 Å². The molecule has 0 heterocycles. The first-order chi connectivity index (χ1) is 20.8. The molecule has 0 saturated heterocycles. The first kappa shape index (κ1) is 23.3. The molecule has 0 bridgehead atoms. The molecule has 0 aliphatic rings. The molecular weight excluding hydrogens is 504 g/mol. The minimum absolute atomic E-state index is 1.23. The average molecular weight is 531 g/mol. The standard InChI is InChI=1S/C42H26/c1-2-8-33-29(7-1)19-23-39-38(33)22-20-30-17-18-31(25-41(30)39)27-13-15-28(16-14-27)32-21-24-40-36-11-4-3-9-34(36)35-10-5-6-12-37(35)42(40)26-32/h1-26H. The minimum Gasteiger partial charge on any atom is -0.0616 e. The van der Waals surface area contributed by atoms with Crippen molar-refractivity contribution in [2.45, 2.75) is 0 Å². The van der Waals surface area contributed by atoms with Gasteiger partial charge in [-0.2, -0.15) is 0 Å². The second kappa shape index (κ2) is 9.03. The summed E-state index contributed by atoms with van der Waals surface area (Å²) in [4.78, 5) is 0. The number of fused-ring (bicyclic) bond motifs is 11. The van der Waals surface area contributed by atoms with Gasteiger partial charge in [0.05, 0.1) is 0 Å². The molecule has 0 spiro atoms. The van der Waals surface area contributed by atoms with Crippen LogP contribution in [-0.4, -0.2) is 0 Å². The summed E-state index contributed by atoms with van der Waals surface area (Å²) in [6.45, 7) is 0. The van der Waals surface area contributed by atoms with Crippen molar-refractivity contribution in [2.24, 2.45) is 0 Å².